The molecule has 0 bridgehead atoms. The molecule has 1 rings (SSSR count). The molecule has 0 spiro atoms. The smallest absolute Gasteiger partial charge is 0.228 e. The highest BCUT2D eigenvalue weighted by Gasteiger charge is 2.09. The third-order valence-electron chi connectivity index (χ3n) is 1.67. The van der Waals surface area contributed by atoms with Crippen LogP contribution in [0.3, 0.4) is 0 Å². The van der Waals surface area contributed by atoms with E-state index in [-0.39, 0.29) is 0 Å². The summed E-state index contributed by atoms with van der Waals surface area (Å²) in [6.07, 6.45) is 0.791. The van der Waals surface area contributed by atoms with Crippen LogP contribution in [0.25, 0.3) is 0 Å². The molecule has 1 aromatic heterocycles. The van der Waals surface area contributed by atoms with Gasteiger partial charge in [-0.3, -0.25) is 0 Å². The van der Waals surface area contributed by atoms with Gasteiger partial charge in [-0.2, -0.15) is 4.98 Å². The van der Waals surface area contributed by atoms with E-state index in [0.717, 1.165) is 6.42 Å². The maximum Gasteiger partial charge on any atom is 0.228 e. The standard InChI is InChI=1S/C9H17N3O/c1-6(2)10-7(3)5-9-11-8(4)12-13-9/h6-7,10H,5H2,1-4H3. The lowest BCUT2D eigenvalue weighted by atomic mass is 10.2. The zero-order valence-corrected chi connectivity index (χ0v) is 8.66. The van der Waals surface area contributed by atoms with Gasteiger partial charge in [0.15, 0.2) is 5.82 Å². The fourth-order valence-corrected chi connectivity index (χ4v) is 1.31. The molecule has 1 N–H and O–H groups in total. The second-order valence-electron chi connectivity index (χ2n) is 3.66. The van der Waals surface area contributed by atoms with Crippen LogP contribution >= 0.6 is 0 Å². The molecule has 0 saturated heterocycles. The van der Waals surface area contributed by atoms with Crippen molar-refractivity contribution in [1.29, 1.82) is 0 Å². The minimum absolute atomic E-state index is 0.375. The summed E-state index contributed by atoms with van der Waals surface area (Å²) in [5.74, 6) is 1.41. The van der Waals surface area contributed by atoms with Gasteiger partial charge in [-0.05, 0) is 13.8 Å². The van der Waals surface area contributed by atoms with Gasteiger partial charge in [0, 0.05) is 18.5 Å². The summed E-state index contributed by atoms with van der Waals surface area (Å²) < 4.78 is 5.02. The van der Waals surface area contributed by atoms with Gasteiger partial charge in [-0.25, -0.2) is 0 Å². The van der Waals surface area contributed by atoms with Gasteiger partial charge in [-0.1, -0.05) is 19.0 Å². The van der Waals surface area contributed by atoms with Crippen molar-refractivity contribution in [1.82, 2.24) is 15.5 Å². The number of rotatable bonds is 4. The van der Waals surface area contributed by atoms with E-state index in [2.05, 4.69) is 36.2 Å². The molecule has 0 aromatic carbocycles. The van der Waals surface area contributed by atoms with Gasteiger partial charge >= 0.3 is 0 Å². The first-order valence-corrected chi connectivity index (χ1v) is 4.63. The van der Waals surface area contributed by atoms with Crippen LogP contribution in [-0.4, -0.2) is 22.2 Å². The topological polar surface area (TPSA) is 51.0 Å². The average molecular weight is 183 g/mol. The van der Waals surface area contributed by atoms with Crippen molar-refractivity contribution < 1.29 is 4.52 Å². The second kappa shape index (κ2) is 4.37. The Kier molecular flexibility index (Phi) is 3.42. The molecule has 0 saturated carbocycles. The van der Waals surface area contributed by atoms with Gasteiger partial charge < -0.3 is 9.84 Å². The monoisotopic (exact) mass is 183 g/mol. The van der Waals surface area contributed by atoms with E-state index >= 15 is 0 Å². The van der Waals surface area contributed by atoms with Gasteiger partial charge in [0.05, 0.1) is 0 Å². The molecule has 4 nitrogen and oxygen atoms in total. The average Bonchev–Trinajstić information content (AvgIpc) is 2.33. The zero-order chi connectivity index (χ0) is 9.84. The summed E-state index contributed by atoms with van der Waals surface area (Å²) in [7, 11) is 0. The van der Waals surface area contributed by atoms with Gasteiger partial charge in [-0.15, -0.1) is 0 Å². The molecule has 0 aliphatic rings. The Bertz CT molecular complexity index is 257. The molecule has 13 heavy (non-hydrogen) atoms. The molecule has 0 aliphatic heterocycles. The quantitative estimate of drug-likeness (QED) is 0.764. The molecular formula is C9H17N3O. The SMILES string of the molecule is Cc1noc(CC(C)NC(C)C)n1. The van der Waals surface area contributed by atoms with Crippen molar-refractivity contribution >= 4 is 0 Å². The second-order valence-corrected chi connectivity index (χ2v) is 3.66. The van der Waals surface area contributed by atoms with Crippen LogP contribution in [0.2, 0.25) is 0 Å². The summed E-state index contributed by atoms with van der Waals surface area (Å²) in [6.45, 7) is 8.18. The van der Waals surface area contributed by atoms with Crippen LogP contribution in [0.4, 0.5) is 0 Å². The molecule has 4 heteroatoms. The minimum Gasteiger partial charge on any atom is -0.339 e. The molecule has 74 valence electrons. The van der Waals surface area contributed by atoms with Gasteiger partial charge in [0.1, 0.15) is 0 Å². The van der Waals surface area contributed by atoms with E-state index in [1.54, 1.807) is 0 Å². The fraction of sp³-hybridized carbons (Fsp3) is 0.778. The van der Waals surface area contributed by atoms with E-state index in [1.165, 1.54) is 0 Å². The van der Waals surface area contributed by atoms with E-state index in [1.807, 2.05) is 6.92 Å². The van der Waals surface area contributed by atoms with Crippen LogP contribution < -0.4 is 5.32 Å². The number of hydrogen-bond donors (Lipinski definition) is 1. The van der Waals surface area contributed by atoms with Gasteiger partial charge in [0.25, 0.3) is 0 Å². The van der Waals surface area contributed by atoms with Crippen LogP contribution in [-0.2, 0) is 6.42 Å². The van der Waals surface area contributed by atoms with E-state index in [9.17, 15) is 0 Å². The van der Waals surface area contributed by atoms with E-state index < -0.39 is 0 Å². The highest BCUT2D eigenvalue weighted by Crippen LogP contribution is 2.00. The lowest BCUT2D eigenvalue weighted by Crippen LogP contribution is -2.33. The summed E-state index contributed by atoms with van der Waals surface area (Å²) in [5, 5.41) is 7.11. The van der Waals surface area contributed by atoms with Gasteiger partial charge in [0.2, 0.25) is 5.89 Å². The minimum atomic E-state index is 0.375. The van der Waals surface area contributed by atoms with Crippen molar-refractivity contribution in [2.24, 2.45) is 0 Å². The van der Waals surface area contributed by atoms with Crippen molar-refractivity contribution in [3.05, 3.63) is 11.7 Å². The maximum atomic E-state index is 5.02. The Balaban J connectivity index is 2.40. The third-order valence-corrected chi connectivity index (χ3v) is 1.67. The Morgan fingerprint density at radius 2 is 2.08 bits per heavy atom. The highest BCUT2D eigenvalue weighted by molar-refractivity contribution is 4.86. The van der Waals surface area contributed by atoms with E-state index in [0.29, 0.717) is 23.8 Å². The Labute approximate surface area is 78.7 Å². The molecule has 0 amide bonds. The molecule has 1 heterocycles. The molecule has 0 fully saturated rings. The normalized spacial score (nSPS) is 13.6. The van der Waals surface area contributed by atoms with Crippen molar-refractivity contribution in [3.8, 4) is 0 Å². The number of aryl methyl sites for hydroxylation is 1. The predicted molar refractivity (Wildman–Crippen MR) is 50.5 cm³/mol. The van der Waals surface area contributed by atoms with Crippen molar-refractivity contribution in [3.63, 3.8) is 0 Å². The van der Waals surface area contributed by atoms with Crippen LogP contribution in [0.15, 0.2) is 4.52 Å². The van der Waals surface area contributed by atoms with Crippen LogP contribution in [0.5, 0.6) is 0 Å². The predicted octanol–water partition coefficient (Wildman–Crippen LogP) is 1.31. The number of aromatic nitrogens is 2. The first kappa shape index (κ1) is 10.2. The van der Waals surface area contributed by atoms with Crippen LogP contribution in [0.1, 0.15) is 32.5 Å². The van der Waals surface area contributed by atoms with Crippen LogP contribution in [0, 0.1) is 6.92 Å². The first-order valence-electron chi connectivity index (χ1n) is 4.63. The Morgan fingerprint density at radius 1 is 1.38 bits per heavy atom. The third kappa shape index (κ3) is 3.55. The fourth-order valence-electron chi connectivity index (χ4n) is 1.31. The molecule has 0 aliphatic carbocycles. The lowest BCUT2D eigenvalue weighted by molar-refractivity contribution is 0.353. The zero-order valence-electron chi connectivity index (χ0n) is 8.66. The number of nitrogens with one attached hydrogen (secondary N) is 1. The molecule has 1 atom stereocenters. The Morgan fingerprint density at radius 3 is 2.54 bits per heavy atom. The molecule has 1 aromatic rings. The van der Waals surface area contributed by atoms with E-state index in [4.69, 9.17) is 4.52 Å². The molecule has 0 radical (unpaired) electrons. The Hall–Kier alpha value is -0.900. The summed E-state index contributed by atoms with van der Waals surface area (Å²) in [5.41, 5.74) is 0. The van der Waals surface area contributed by atoms with Crippen molar-refractivity contribution in [2.75, 3.05) is 0 Å². The molecule has 1 unspecified atom stereocenters. The summed E-state index contributed by atoms with van der Waals surface area (Å²) in [4.78, 5) is 4.14. The largest absolute Gasteiger partial charge is 0.339 e. The number of hydrogen-bond acceptors (Lipinski definition) is 4. The highest BCUT2D eigenvalue weighted by atomic mass is 16.5. The summed E-state index contributed by atoms with van der Waals surface area (Å²) in [6, 6.07) is 0.860. The van der Waals surface area contributed by atoms with Crippen molar-refractivity contribution in [2.45, 2.75) is 46.2 Å². The maximum absolute atomic E-state index is 5.02. The lowest BCUT2D eigenvalue weighted by Gasteiger charge is -2.14. The molecular weight excluding hydrogens is 166 g/mol. The first-order chi connectivity index (χ1) is 6.08. The summed E-state index contributed by atoms with van der Waals surface area (Å²) >= 11 is 0. The number of nitrogens with zero attached hydrogens (tertiary/aromatic N) is 2.